The molecule has 1 amide bonds. The average Bonchev–Trinajstić information content (AvgIpc) is 3.18. The fourth-order valence-corrected chi connectivity index (χ4v) is 3.50. The first-order chi connectivity index (χ1) is 14.2. The first kappa shape index (κ1) is 18.6. The minimum Gasteiger partial charge on any atom is -0.481 e. The van der Waals surface area contributed by atoms with Crippen LogP contribution < -0.4 is 15.0 Å². The third kappa shape index (κ3) is 3.92. The molecule has 1 unspecified atom stereocenters. The van der Waals surface area contributed by atoms with Crippen LogP contribution in [0.3, 0.4) is 0 Å². The zero-order valence-corrected chi connectivity index (χ0v) is 16.1. The summed E-state index contributed by atoms with van der Waals surface area (Å²) in [6.07, 6.45) is 0.304. The molecular formula is C24H21N3O2. The maximum atomic E-state index is 12.7. The monoisotopic (exact) mass is 383 g/mol. The number of nitrogens with one attached hydrogen (secondary N) is 1. The van der Waals surface area contributed by atoms with Crippen molar-refractivity contribution in [3.63, 3.8) is 0 Å². The lowest BCUT2D eigenvalue weighted by molar-refractivity contribution is -0.122. The molecule has 1 N–H and O–H groups in total. The highest BCUT2D eigenvalue weighted by atomic mass is 16.5. The van der Waals surface area contributed by atoms with Gasteiger partial charge < -0.3 is 15.0 Å². The van der Waals surface area contributed by atoms with Gasteiger partial charge in [0.2, 0.25) is 0 Å². The minimum absolute atomic E-state index is 0.228. The van der Waals surface area contributed by atoms with Crippen LogP contribution in [0.25, 0.3) is 0 Å². The van der Waals surface area contributed by atoms with Crippen molar-refractivity contribution in [1.82, 2.24) is 0 Å². The lowest BCUT2D eigenvalue weighted by Crippen LogP contribution is -2.30. The van der Waals surface area contributed by atoms with E-state index in [1.165, 1.54) is 11.3 Å². The Morgan fingerprint density at radius 1 is 1.03 bits per heavy atom. The molecule has 29 heavy (non-hydrogen) atoms. The first-order valence-corrected chi connectivity index (χ1v) is 9.58. The van der Waals surface area contributed by atoms with E-state index in [1.54, 1.807) is 31.2 Å². The number of para-hydroxylation sites is 3. The van der Waals surface area contributed by atoms with Gasteiger partial charge in [-0.2, -0.15) is 5.26 Å². The molecule has 1 aliphatic rings. The van der Waals surface area contributed by atoms with Gasteiger partial charge in [-0.15, -0.1) is 0 Å². The number of fused-ring (bicyclic) bond motifs is 1. The number of anilines is 3. The van der Waals surface area contributed by atoms with Gasteiger partial charge in [-0.25, -0.2) is 0 Å². The van der Waals surface area contributed by atoms with E-state index in [0.717, 1.165) is 24.3 Å². The standard InChI is InChI=1S/C24H21N3O2/c1-17(29-20-12-10-18(16-25)11-13-20)24(28)26-21-7-3-5-9-23(21)27-15-14-19-6-2-4-8-22(19)27/h2-13,17H,14-15H2,1H3,(H,26,28). The van der Waals surface area contributed by atoms with Crippen LogP contribution in [-0.4, -0.2) is 18.6 Å². The molecule has 1 aliphatic heterocycles. The first-order valence-electron chi connectivity index (χ1n) is 9.58. The van der Waals surface area contributed by atoms with Gasteiger partial charge in [-0.3, -0.25) is 4.79 Å². The van der Waals surface area contributed by atoms with Crippen LogP contribution in [0, 0.1) is 11.3 Å². The smallest absolute Gasteiger partial charge is 0.265 e. The quantitative estimate of drug-likeness (QED) is 0.696. The van der Waals surface area contributed by atoms with Crippen LogP contribution in [0.2, 0.25) is 0 Å². The number of carbonyl (C=O) groups is 1. The number of nitriles is 1. The largest absolute Gasteiger partial charge is 0.481 e. The van der Waals surface area contributed by atoms with E-state index in [-0.39, 0.29) is 5.91 Å². The summed E-state index contributed by atoms with van der Waals surface area (Å²) in [7, 11) is 0. The molecular weight excluding hydrogens is 362 g/mol. The lowest BCUT2D eigenvalue weighted by atomic mass is 10.1. The second kappa shape index (κ2) is 8.07. The summed E-state index contributed by atoms with van der Waals surface area (Å²) in [5.74, 6) is 0.322. The van der Waals surface area contributed by atoms with E-state index in [0.29, 0.717) is 11.3 Å². The Hall–Kier alpha value is -3.78. The van der Waals surface area contributed by atoms with E-state index in [4.69, 9.17) is 10.00 Å². The van der Waals surface area contributed by atoms with Crippen molar-refractivity contribution in [1.29, 1.82) is 5.26 Å². The maximum Gasteiger partial charge on any atom is 0.265 e. The Balaban J connectivity index is 1.50. The van der Waals surface area contributed by atoms with Gasteiger partial charge in [0.25, 0.3) is 5.91 Å². The summed E-state index contributed by atoms with van der Waals surface area (Å²) in [5, 5.41) is 11.9. The average molecular weight is 383 g/mol. The van der Waals surface area contributed by atoms with Crippen LogP contribution in [-0.2, 0) is 11.2 Å². The summed E-state index contributed by atoms with van der Waals surface area (Å²) >= 11 is 0. The molecule has 0 bridgehead atoms. The van der Waals surface area contributed by atoms with Crippen molar-refractivity contribution in [3.8, 4) is 11.8 Å². The number of nitrogens with zero attached hydrogens (tertiary/aromatic N) is 2. The molecule has 0 saturated heterocycles. The number of hydrogen-bond donors (Lipinski definition) is 1. The van der Waals surface area contributed by atoms with E-state index >= 15 is 0 Å². The van der Waals surface area contributed by atoms with Crippen LogP contribution >= 0.6 is 0 Å². The highest BCUT2D eigenvalue weighted by molar-refractivity contribution is 5.98. The number of benzene rings is 3. The van der Waals surface area contributed by atoms with Crippen LogP contribution in [0.4, 0.5) is 17.1 Å². The molecule has 5 heteroatoms. The van der Waals surface area contributed by atoms with Gasteiger partial charge in [-0.1, -0.05) is 30.3 Å². The predicted octanol–water partition coefficient (Wildman–Crippen LogP) is 4.66. The van der Waals surface area contributed by atoms with Gasteiger partial charge in [-0.05, 0) is 61.4 Å². The van der Waals surface area contributed by atoms with Crippen LogP contribution in [0.5, 0.6) is 5.75 Å². The molecule has 0 aliphatic carbocycles. The van der Waals surface area contributed by atoms with Gasteiger partial charge >= 0.3 is 0 Å². The fraction of sp³-hybridized carbons (Fsp3) is 0.167. The molecule has 144 valence electrons. The summed E-state index contributed by atoms with van der Waals surface area (Å²) in [6, 6.07) is 24.9. The number of rotatable bonds is 5. The van der Waals surface area contributed by atoms with Gasteiger partial charge in [0.15, 0.2) is 6.10 Å². The van der Waals surface area contributed by atoms with Gasteiger partial charge in [0.05, 0.1) is 23.0 Å². The number of carbonyl (C=O) groups excluding carboxylic acids is 1. The molecule has 0 saturated carbocycles. The third-order valence-corrected chi connectivity index (χ3v) is 5.01. The normalized spacial score (nSPS) is 13.3. The van der Waals surface area contributed by atoms with E-state index < -0.39 is 6.10 Å². The Labute approximate surface area is 170 Å². The fourth-order valence-electron chi connectivity index (χ4n) is 3.50. The molecule has 0 aromatic heterocycles. The topological polar surface area (TPSA) is 65.4 Å². The number of amides is 1. The molecule has 3 aromatic carbocycles. The van der Waals surface area contributed by atoms with Crippen molar-refractivity contribution in [3.05, 3.63) is 83.9 Å². The van der Waals surface area contributed by atoms with E-state index in [2.05, 4.69) is 34.5 Å². The van der Waals surface area contributed by atoms with Crippen molar-refractivity contribution >= 4 is 23.0 Å². The number of hydrogen-bond acceptors (Lipinski definition) is 4. The van der Waals surface area contributed by atoms with E-state index in [1.807, 2.05) is 30.3 Å². The molecule has 5 nitrogen and oxygen atoms in total. The highest BCUT2D eigenvalue weighted by Crippen LogP contribution is 2.38. The van der Waals surface area contributed by atoms with Crippen molar-refractivity contribution in [2.75, 3.05) is 16.8 Å². The van der Waals surface area contributed by atoms with Crippen molar-refractivity contribution < 1.29 is 9.53 Å². The summed E-state index contributed by atoms with van der Waals surface area (Å²) in [5.41, 5.74) is 4.76. The molecule has 0 spiro atoms. The SMILES string of the molecule is CC(Oc1ccc(C#N)cc1)C(=O)Nc1ccccc1N1CCc2ccccc21. The Bertz CT molecular complexity index is 1070. The predicted molar refractivity (Wildman–Crippen MR) is 113 cm³/mol. The Kier molecular flexibility index (Phi) is 5.17. The van der Waals surface area contributed by atoms with Crippen LogP contribution in [0.1, 0.15) is 18.1 Å². The van der Waals surface area contributed by atoms with E-state index in [9.17, 15) is 4.79 Å². The lowest BCUT2D eigenvalue weighted by Gasteiger charge is -2.24. The maximum absolute atomic E-state index is 12.7. The summed E-state index contributed by atoms with van der Waals surface area (Å²) in [4.78, 5) is 15.0. The zero-order valence-electron chi connectivity index (χ0n) is 16.1. The Morgan fingerprint density at radius 3 is 2.48 bits per heavy atom. The molecule has 1 atom stereocenters. The van der Waals surface area contributed by atoms with Gasteiger partial charge in [0.1, 0.15) is 5.75 Å². The molecule has 0 fully saturated rings. The number of ether oxygens (including phenoxy) is 1. The minimum atomic E-state index is -0.679. The van der Waals surface area contributed by atoms with Crippen molar-refractivity contribution in [2.45, 2.75) is 19.4 Å². The molecule has 1 heterocycles. The van der Waals surface area contributed by atoms with Crippen molar-refractivity contribution in [2.24, 2.45) is 0 Å². The molecule has 3 aromatic rings. The van der Waals surface area contributed by atoms with Crippen LogP contribution in [0.15, 0.2) is 72.8 Å². The molecule has 0 radical (unpaired) electrons. The second-order valence-electron chi connectivity index (χ2n) is 6.93. The second-order valence-corrected chi connectivity index (χ2v) is 6.93. The third-order valence-electron chi connectivity index (χ3n) is 5.01. The summed E-state index contributed by atoms with van der Waals surface area (Å²) in [6.45, 7) is 2.59. The summed E-state index contributed by atoms with van der Waals surface area (Å²) < 4.78 is 5.73. The zero-order chi connectivity index (χ0) is 20.2. The Morgan fingerprint density at radius 2 is 1.72 bits per heavy atom. The molecule has 4 rings (SSSR count). The highest BCUT2D eigenvalue weighted by Gasteiger charge is 2.23. The van der Waals surface area contributed by atoms with Gasteiger partial charge in [0, 0.05) is 12.2 Å².